The van der Waals surface area contributed by atoms with Gasteiger partial charge in [-0.2, -0.15) is 5.26 Å². The Hall–Kier alpha value is -2.96. The number of halogens is 1. The summed E-state index contributed by atoms with van der Waals surface area (Å²) < 4.78 is 15.6. The smallest absolute Gasteiger partial charge is 0.236 e. The van der Waals surface area contributed by atoms with Gasteiger partial charge in [0.25, 0.3) is 0 Å². The highest BCUT2D eigenvalue weighted by Gasteiger charge is 2.41. The van der Waals surface area contributed by atoms with Gasteiger partial charge in [0.15, 0.2) is 16.5 Å². The molecule has 11 nitrogen and oxygen atoms in total. The number of piperazine rings is 1. The zero-order valence-electron chi connectivity index (χ0n) is 24.1. The molecule has 2 saturated heterocycles. The maximum atomic E-state index is 13.5. The van der Waals surface area contributed by atoms with E-state index >= 15 is 0 Å². The van der Waals surface area contributed by atoms with Gasteiger partial charge in [-0.1, -0.05) is 18.7 Å². The number of aliphatic hydroxyl groups is 1. The number of nitrogens with one attached hydrogen (secondary N) is 2. The van der Waals surface area contributed by atoms with Crippen LogP contribution >= 0.6 is 23.5 Å². The van der Waals surface area contributed by atoms with E-state index in [-0.39, 0.29) is 40.9 Å². The SMILES string of the molecule is CCc1nc2n(c1N(C)C1NC(c3ccc(F)cc3)=C(C#N)S1)NC(N1CC(C)N(CC(=O)N3CC(O)C3)C(C)C1)S2. The predicted octanol–water partition coefficient (Wildman–Crippen LogP) is 2.06. The summed E-state index contributed by atoms with van der Waals surface area (Å²) in [5.74, 6) is 0.701. The second-order valence-corrected chi connectivity index (χ2v) is 13.4. The Morgan fingerprint density at radius 1 is 1.19 bits per heavy atom. The number of thioether (sulfide) groups is 2. The number of rotatable bonds is 7. The number of allylic oxidation sites excluding steroid dienone is 1. The van der Waals surface area contributed by atoms with Gasteiger partial charge in [0.05, 0.1) is 24.0 Å². The molecule has 4 atom stereocenters. The van der Waals surface area contributed by atoms with Crippen molar-refractivity contribution < 1.29 is 14.3 Å². The zero-order chi connectivity index (χ0) is 29.7. The molecule has 2 fully saturated rings. The minimum atomic E-state index is -0.390. The maximum Gasteiger partial charge on any atom is 0.236 e. The molecule has 1 amide bonds. The lowest BCUT2D eigenvalue weighted by Crippen LogP contribution is -2.63. The van der Waals surface area contributed by atoms with Crippen molar-refractivity contribution in [3.8, 4) is 6.07 Å². The van der Waals surface area contributed by atoms with E-state index in [1.54, 1.807) is 28.8 Å². The van der Waals surface area contributed by atoms with Gasteiger partial charge in [-0.3, -0.25) is 20.0 Å². The van der Waals surface area contributed by atoms with E-state index in [4.69, 9.17) is 4.98 Å². The second kappa shape index (κ2) is 11.6. The van der Waals surface area contributed by atoms with Gasteiger partial charge < -0.3 is 20.2 Å². The molecule has 4 unspecified atom stereocenters. The molecule has 3 N–H and O–H groups in total. The van der Waals surface area contributed by atoms with Gasteiger partial charge in [-0.15, -0.1) is 0 Å². The molecule has 0 saturated carbocycles. The number of aryl methyl sites for hydroxylation is 1. The summed E-state index contributed by atoms with van der Waals surface area (Å²) in [5.41, 5.74) is 5.84. The molecule has 0 bridgehead atoms. The van der Waals surface area contributed by atoms with Crippen LogP contribution in [0.5, 0.6) is 0 Å². The molecule has 1 aromatic carbocycles. The Kier molecular flexibility index (Phi) is 8.05. The van der Waals surface area contributed by atoms with Crippen LogP contribution < -0.4 is 15.6 Å². The van der Waals surface area contributed by atoms with E-state index in [0.29, 0.717) is 30.2 Å². The van der Waals surface area contributed by atoms with Crippen LogP contribution in [0.3, 0.4) is 0 Å². The normalized spacial score (nSPS) is 26.5. The van der Waals surface area contributed by atoms with Crippen molar-refractivity contribution in [2.24, 2.45) is 0 Å². The molecule has 2 aromatic rings. The molecule has 224 valence electrons. The number of anilines is 1. The van der Waals surface area contributed by atoms with Crippen molar-refractivity contribution in [2.45, 2.75) is 61.5 Å². The highest BCUT2D eigenvalue weighted by Crippen LogP contribution is 2.41. The quantitative estimate of drug-likeness (QED) is 0.426. The van der Waals surface area contributed by atoms with Crippen LogP contribution in [0.2, 0.25) is 0 Å². The monoisotopic (exact) mass is 613 g/mol. The number of hydrogen-bond acceptors (Lipinski definition) is 11. The number of nitriles is 1. The third kappa shape index (κ3) is 5.33. The molecule has 1 aromatic heterocycles. The van der Waals surface area contributed by atoms with Crippen LogP contribution in [-0.4, -0.2) is 104 Å². The average Bonchev–Trinajstić information content (AvgIpc) is 3.65. The molecular formula is C28H36FN9O2S2. The van der Waals surface area contributed by atoms with Crippen molar-refractivity contribution in [1.29, 1.82) is 5.26 Å². The predicted molar refractivity (Wildman–Crippen MR) is 162 cm³/mol. The maximum absolute atomic E-state index is 13.5. The number of aliphatic hydroxyl groups excluding tert-OH is 1. The van der Waals surface area contributed by atoms with E-state index in [0.717, 1.165) is 41.7 Å². The average molecular weight is 614 g/mol. The van der Waals surface area contributed by atoms with Crippen LogP contribution in [-0.2, 0) is 11.2 Å². The van der Waals surface area contributed by atoms with E-state index in [9.17, 15) is 19.6 Å². The minimum Gasteiger partial charge on any atom is -0.389 e. The molecule has 42 heavy (non-hydrogen) atoms. The standard InChI is InChI=1S/C28H36FN9O2S2/c1-5-21-25(34(4)26-32-24(22(10-30)41-26)18-6-8-19(29)9-7-18)38-27(31-21)42-28(33-38)36-11-16(2)37(17(3)12-36)15-23(40)35-13-20(39)14-35/h6-9,16-17,20,26,28,32-33,39H,5,11-15H2,1-4H3. The van der Waals surface area contributed by atoms with Crippen molar-refractivity contribution in [1.82, 2.24) is 29.7 Å². The number of carbonyl (C=O) groups is 1. The van der Waals surface area contributed by atoms with Gasteiger partial charge in [0, 0.05) is 45.3 Å². The van der Waals surface area contributed by atoms with E-state index in [1.165, 1.54) is 23.9 Å². The summed E-state index contributed by atoms with van der Waals surface area (Å²) in [6, 6.07) is 8.84. The lowest BCUT2D eigenvalue weighted by atomic mass is 10.1. The molecule has 0 aliphatic carbocycles. The number of imidazole rings is 1. The number of fused-ring (bicyclic) bond motifs is 1. The van der Waals surface area contributed by atoms with Crippen LogP contribution in [0.1, 0.15) is 32.0 Å². The first-order valence-electron chi connectivity index (χ1n) is 14.2. The Labute approximate surface area is 253 Å². The topological polar surface area (TPSA) is 116 Å². The Bertz CT molecular complexity index is 1410. The molecule has 0 spiro atoms. The third-order valence-corrected chi connectivity index (χ3v) is 10.6. The number of aromatic nitrogens is 2. The van der Waals surface area contributed by atoms with Crippen LogP contribution in [0.25, 0.3) is 5.70 Å². The summed E-state index contributed by atoms with van der Waals surface area (Å²) in [6.45, 7) is 9.25. The Balaban J connectivity index is 1.14. The lowest BCUT2D eigenvalue weighted by Gasteiger charge is -2.47. The fraction of sp³-hybridized carbons (Fsp3) is 0.536. The summed E-state index contributed by atoms with van der Waals surface area (Å²) in [4.78, 5) is 26.7. The lowest BCUT2D eigenvalue weighted by molar-refractivity contribution is -0.144. The summed E-state index contributed by atoms with van der Waals surface area (Å²) in [6.07, 6.45) is 0.363. The number of benzene rings is 1. The Morgan fingerprint density at radius 3 is 2.50 bits per heavy atom. The van der Waals surface area contributed by atoms with E-state index in [2.05, 4.69) is 57.0 Å². The summed E-state index contributed by atoms with van der Waals surface area (Å²) in [5, 5.41) is 23.8. The fourth-order valence-electron chi connectivity index (χ4n) is 6.03. The number of hydrogen-bond donors (Lipinski definition) is 3. The van der Waals surface area contributed by atoms with Crippen LogP contribution in [0.4, 0.5) is 10.2 Å². The molecule has 6 rings (SSSR count). The van der Waals surface area contributed by atoms with Crippen molar-refractivity contribution >= 4 is 40.9 Å². The van der Waals surface area contributed by atoms with Crippen molar-refractivity contribution in [2.75, 3.05) is 50.1 Å². The van der Waals surface area contributed by atoms with E-state index in [1.807, 2.05) is 7.05 Å². The largest absolute Gasteiger partial charge is 0.389 e. The number of carbonyl (C=O) groups excluding carboxylic acids is 1. The molecule has 4 aliphatic heterocycles. The van der Waals surface area contributed by atoms with Crippen LogP contribution in [0, 0.1) is 17.1 Å². The minimum absolute atomic E-state index is 0.00871. The summed E-state index contributed by atoms with van der Waals surface area (Å²) >= 11 is 3.12. The highest BCUT2D eigenvalue weighted by atomic mass is 32.2. The van der Waals surface area contributed by atoms with Gasteiger partial charge in [0.2, 0.25) is 5.91 Å². The molecule has 14 heteroatoms. The first kappa shape index (κ1) is 29.1. The first-order chi connectivity index (χ1) is 20.2. The first-order valence-corrected chi connectivity index (χ1v) is 16.0. The van der Waals surface area contributed by atoms with Gasteiger partial charge >= 0.3 is 0 Å². The van der Waals surface area contributed by atoms with Gasteiger partial charge in [0.1, 0.15) is 22.3 Å². The molecular weight excluding hydrogens is 578 g/mol. The number of β-amino-alcohol motifs (C(OH)–C–C–N with tert-alkyl or cyclic N) is 1. The summed E-state index contributed by atoms with van der Waals surface area (Å²) in [7, 11) is 1.99. The van der Waals surface area contributed by atoms with E-state index < -0.39 is 0 Å². The zero-order valence-corrected chi connectivity index (χ0v) is 25.8. The highest BCUT2D eigenvalue weighted by molar-refractivity contribution is 8.04. The van der Waals surface area contributed by atoms with Crippen molar-refractivity contribution in [3.63, 3.8) is 0 Å². The molecule has 0 radical (unpaired) electrons. The van der Waals surface area contributed by atoms with Gasteiger partial charge in [-0.05, 0) is 61.9 Å². The molecule has 5 heterocycles. The second-order valence-electron chi connectivity index (χ2n) is 11.3. The fourth-order valence-corrected chi connectivity index (χ4v) is 8.12. The van der Waals surface area contributed by atoms with Crippen molar-refractivity contribution in [3.05, 3.63) is 46.2 Å². The van der Waals surface area contributed by atoms with Gasteiger partial charge in [-0.25, -0.2) is 14.1 Å². The Morgan fingerprint density at radius 2 is 1.88 bits per heavy atom. The third-order valence-electron chi connectivity index (χ3n) is 8.32. The number of likely N-dealkylation sites (tertiary alicyclic amines) is 1. The number of amides is 1. The molecule has 4 aliphatic rings. The number of nitrogens with zero attached hydrogens (tertiary/aromatic N) is 7. The van der Waals surface area contributed by atoms with Crippen LogP contribution in [0.15, 0.2) is 34.3 Å².